The number of nitrogens with one attached hydrogen (secondary N) is 1. The number of rotatable bonds is 7. The Morgan fingerprint density at radius 2 is 1.81 bits per heavy atom. The first-order valence-corrected chi connectivity index (χ1v) is 9.69. The lowest BCUT2D eigenvalue weighted by atomic mass is 10.0. The van der Waals surface area contributed by atoms with Crippen molar-refractivity contribution in [3.8, 4) is 11.3 Å². The molecule has 1 heterocycles. The fourth-order valence-corrected chi connectivity index (χ4v) is 3.21. The number of carbonyl (C=O) groups is 2. The van der Waals surface area contributed by atoms with E-state index in [1.807, 2.05) is 0 Å². The van der Waals surface area contributed by atoms with Gasteiger partial charge in [0.2, 0.25) is 0 Å². The van der Waals surface area contributed by atoms with Gasteiger partial charge in [-0.25, -0.2) is 17.9 Å². The summed E-state index contributed by atoms with van der Waals surface area (Å²) < 4.78 is 40.5. The van der Waals surface area contributed by atoms with E-state index in [4.69, 9.17) is 11.5 Å². The standard InChI is InChI=1S/C22H22F3N5O2/c1-11-3-8-15(23)9-16(11)22(32)28-10-13-4-6-14(7-5-13)18-17(21(27)31)20(26)30(29-18)12(2)19(24)25/h3-9,12,19H,10,26H2,1-2H3,(H2,27,31)(H,28,32). The van der Waals surface area contributed by atoms with Crippen molar-refractivity contribution in [2.45, 2.75) is 32.9 Å². The zero-order valence-corrected chi connectivity index (χ0v) is 17.4. The van der Waals surface area contributed by atoms with Gasteiger partial charge in [0, 0.05) is 17.7 Å². The fraction of sp³-hybridized carbons (Fsp3) is 0.227. The van der Waals surface area contributed by atoms with E-state index in [2.05, 4.69) is 10.4 Å². The lowest BCUT2D eigenvalue weighted by molar-refractivity contribution is 0.0864. The van der Waals surface area contributed by atoms with Gasteiger partial charge in [-0.1, -0.05) is 30.3 Å². The molecule has 0 saturated carbocycles. The maximum absolute atomic E-state index is 13.4. The largest absolute Gasteiger partial charge is 0.383 e. The Labute approximate surface area is 182 Å². The molecule has 3 rings (SSSR count). The van der Waals surface area contributed by atoms with Crippen molar-refractivity contribution < 1.29 is 22.8 Å². The summed E-state index contributed by atoms with van der Waals surface area (Å²) in [5, 5.41) is 6.80. The van der Waals surface area contributed by atoms with Gasteiger partial charge in [0.25, 0.3) is 18.2 Å². The van der Waals surface area contributed by atoms with Gasteiger partial charge >= 0.3 is 0 Å². The van der Waals surface area contributed by atoms with Crippen LogP contribution in [-0.4, -0.2) is 28.0 Å². The van der Waals surface area contributed by atoms with Crippen LogP contribution in [-0.2, 0) is 6.54 Å². The number of nitrogens with two attached hydrogens (primary N) is 2. The van der Waals surface area contributed by atoms with Gasteiger partial charge in [-0.15, -0.1) is 0 Å². The van der Waals surface area contributed by atoms with Crippen molar-refractivity contribution in [2.75, 3.05) is 5.73 Å². The van der Waals surface area contributed by atoms with E-state index < -0.39 is 30.1 Å². The molecule has 32 heavy (non-hydrogen) atoms. The molecule has 7 nitrogen and oxygen atoms in total. The van der Waals surface area contributed by atoms with Crippen LogP contribution < -0.4 is 16.8 Å². The molecule has 2 amide bonds. The van der Waals surface area contributed by atoms with E-state index in [0.717, 1.165) is 4.68 Å². The lowest BCUT2D eigenvalue weighted by Gasteiger charge is -2.12. The first kappa shape index (κ1) is 22.9. The number of halogens is 3. The predicted octanol–water partition coefficient (Wildman–Crippen LogP) is 3.43. The van der Waals surface area contributed by atoms with Gasteiger partial charge in [-0.3, -0.25) is 9.59 Å². The van der Waals surface area contributed by atoms with Gasteiger partial charge < -0.3 is 16.8 Å². The molecule has 10 heteroatoms. The SMILES string of the molecule is Cc1ccc(F)cc1C(=O)NCc1ccc(-c2nn(C(C)C(F)F)c(N)c2C(N)=O)cc1. The van der Waals surface area contributed by atoms with E-state index in [1.54, 1.807) is 31.2 Å². The number of hydrogen-bond donors (Lipinski definition) is 3. The Morgan fingerprint density at radius 3 is 2.41 bits per heavy atom. The van der Waals surface area contributed by atoms with Crippen molar-refractivity contribution in [1.29, 1.82) is 0 Å². The summed E-state index contributed by atoms with van der Waals surface area (Å²) in [6.45, 7) is 3.10. The molecule has 0 aliphatic heterocycles. The van der Waals surface area contributed by atoms with Crippen LogP contribution in [0.4, 0.5) is 19.0 Å². The highest BCUT2D eigenvalue weighted by molar-refractivity contribution is 6.03. The van der Waals surface area contributed by atoms with Crippen molar-refractivity contribution in [1.82, 2.24) is 15.1 Å². The third-order valence-corrected chi connectivity index (χ3v) is 5.07. The quantitative estimate of drug-likeness (QED) is 0.517. The van der Waals surface area contributed by atoms with Crippen LogP contribution in [0.3, 0.4) is 0 Å². The van der Waals surface area contributed by atoms with E-state index in [1.165, 1.54) is 25.1 Å². The Balaban J connectivity index is 1.81. The van der Waals surface area contributed by atoms with Crippen molar-refractivity contribution in [3.63, 3.8) is 0 Å². The third-order valence-electron chi connectivity index (χ3n) is 5.07. The Morgan fingerprint density at radius 1 is 1.16 bits per heavy atom. The number of amides is 2. The number of carbonyl (C=O) groups excluding carboxylic acids is 2. The van der Waals surface area contributed by atoms with Crippen LogP contribution in [0.1, 0.15) is 44.8 Å². The molecule has 3 aromatic rings. The Kier molecular flexibility index (Phi) is 6.52. The minimum atomic E-state index is -2.74. The topological polar surface area (TPSA) is 116 Å². The summed E-state index contributed by atoms with van der Waals surface area (Å²) in [5.41, 5.74) is 13.3. The zero-order valence-electron chi connectivity index (χ0n) is 17.4. The number of nitrogen functional groups attached to an aromatic ring is 1. The summed E-state index contributed by atoms with van der Waals surface area (Å²) in [6, 6.07) is 9.19. The van der Waals surface area contributed by atoms with Gasteiger partial charge in [0.15, 0.2) is 0 Å². The summed E-state index contributed by atoms with van der Waals surface area (Å²) in [7, 11) is 0. The van der Waals surface area contributed by atoms with Crippen molar-refractivity contribution >= 4 is 17.6 Å². The number of nitrogens with zero attached hydrogens (tertiary/aromatic N) is 2. The van der Waals surface area contributed by atoms with Gasteiger partial charge in [-0.2, -0.15) is 5.10 Å². The Bertz CT molecular complexity index is 1160. The van der Waals surface area contributed by atoms with E-state index in [9.17, 15) is 22.8 Å². The van der Waals surface area contributed by atoms with Gasteiger partial charge in [0.05, 0.1) is 0 Å². The first-order valence-electron chi connectivity index (χ1n) is 9.69. The highest BCUT2D eigenvalue weighted by atomic mass is 19.3. The third kappa shape index (κ3) is 4.58. The average Bonchev–Trinajstić information content (AvgIpc) is 3.10. The Hall–Kier alpha value is -3.82. The van der Waals surface area contributed by atoms with Gasteiger partial charge in [-0.05, 0) is 37.1 Å². The molecule has 0 aliphatic rings. The minimum Gasteiger partial charge on any atom is -0.383 e. The van der Waals surface area contributed by atoms with Crippen LogP contribution in [0.15, 0.2) is 42.5 Å². The number of alkyl halides is 2. The number of primary amides is 1. The van der Waals surface area contributed by atoms with E-state index >= 15 is 0 Å². The van der Waals surface area contributed by atoms with Crippen LogP contribution in [0, 0.1) is 12.7 Å². The summed E-state index contributed by atoms with van der Waals surface area (Å²) in [4.78, 5) is 24.2. The average molecular weight is 445 g/mol. The highest BCUT2D eigenvalue weighted by Crippen LogP contribution is 2.30. The maximum atomic E-state index is 13.4. The normalized spacial score (nSPS) is 12.1. The molecule has 1 atom stereocenters. The number of benzene rings is 2. The number of aryl methyl sites for hydroxylation is 1. The molecular formula is C22H22F3N5O2. The summed E-state index contributed by atoms with van der Waals surface area (Å²) >= 11 is 0. The van der Waals surface area contributed by atoms with Crippen molar-refractivity contribution in [3.05, 3.63) is 70.5 Å². The molecule has 5 N–H and O–H groups in total. The first-order chi connectivity index (χ1) is 15.1. The highest BCUT2D eigenvalue weighted by Gasteiger charge is 2.27. The molecule has 168 valence electrons. The molecule has 0 aliphatic carbocycles. The zero-order chi connectivity index (χ0) is 23.6. The van der Waals surface area contributed by atoms with E-state index in [-0.39, 0.29) is 29.2 Å². The second-order valence-electron chi connectivity index (χ2n) is 7.33. The number of hydrogen-bond acceptors (Lipinski definition) is 4. The summed E-state index contributed by atoms with van der Waals surface area (Å²) in [5.74, 6) is -2.04. The smallest absolute Gasteiger partial charge is 0.260 e. The molecule has 1 aromatic heterocycles. The van der Waals surface area contributed by atoms with Crippen LogP contribution in [0.25, 0.3) is 11.3 Å². The van der Waals surface area contributed by atoms with Crippen LogP contribution >= 0.6 is 0 Å². The fourth-order valence-electron chi connectivity index (χ4n) is 3.21. The molecule has 2 aromatic carbocycles. The molecule has 0 radical (unpaired) electrons. The molecule has 1 unspecified atom stereocenters. The second kappa shape index (κ2) is 9.13. The predicted molar refractivity (Wildman–Crippen MR) is 114 cm³/mol. The van der Waals surface area contributed by atoms with Gasteiger partial charge in [0.1, 0.15) is 28.9 Å². The second-order valence-corrected chi connectivity index (χ2v) is 7.33. The van der Waals surface area contributed by atoms with E-state index in [0.29, 0.717) is 16.7 Å². The maximum Gasteiger partial charge on any atom is 0.260 e. The molecule has 0 fully saturated rings. The molecule has 0 spiro atoms. The molecule has 0 bridgehead atoms. The number of anilines is 1. The number of aromatic nitrogens is 2. The molecule has 0 saturated heterocycles. The molecular weight excluding hydrogens is 423 g/mol. The monoisotopic (exact) mass is 445 g/mol. The van der Waals surface area contributed by atoms with Crippen LogP contribution in [0.5, 0.6) is 0 Å². The van der Waals surface area contributed by atoms with Crippen LogP contribution in [0.2, 0.25) is 0 Å². The minimum absolute atomic E-state index is 0.0912. The van der Waals surface area contributed by atoms with Crippen molar-refractivity contribution in [2.24, 2.45) is 5.73 Å². The lowest BCUT2D eigenvalue weighted by Crippen LogP contribution is -2.23. The summed E-state index contributed by atoms with van der Waals surface area (Å²) in [6.07, 6.45) is -2.74.